The first kappa shape index (κ1) is 24.9. The van der Waals surface area contributed by atoms with Gasteiger partial charge in [0.2, 0.25) is 0 Å². The lowest BCUT2D eigenvalue weighted by Gasteiger charge is -2.13. The molecule has 0 heterocycles. The monoisotopic (exact) mass is 441 g/mol. The molecule has 1 fully saturated rings. The van der Waals surface area contributed by atoms with E-state index in [1.807, 2.05) is 31.2 Å². The molecule has 1 aliphatic rings. The third-order valence-corrected chi connectivity index (χ3v) is 4.43. The van der Waals surface area contributed by atoms with Crippen LogP contribution in [-0.4, -0.2) is 32.9 Å². The van der Waals surface area contributed by atoms with Crippen LogP contribution in [0.15, 0.2) is 84.8 Å². The first-order valence-corrected chi connectivity index (χ1v) is 10.7. The lowest BCUT2D eigenvalue weighted by Crippen LogP contribution is -2.24. The molecule has 0 spiro atoms. The highest BCUT2D eigenvalue weighted by molar-refractivity contribution is 5.35. The molecule has 0 saturated heterocycles. The van der Waals surface area contributed by atoms with Gasteiger partial charge in [0.05, 0.1) is 6.61 Å². The van der Waals surface area contributed by atoms with Crippen LogP contribution in [0.25, 0.3) is 0 Å². The Labute approximate surface area is 191 Å². The normalized spacial score (nSPS) is 14.3. The topological polar surface area (TPSA) is 101 Å². The molecule has 2 rings (SSSR count). The molecular weight excluding hydrogens is 406 g/mol. The highest BCUT2D eigenvalue weighted by Gasteiger charge is 2.21. The van der Waals surface area contributed by atoms with Crippen molar-refractivity contribution in [3.05, 3.63) is 84.8 Å². The van der Waals surface area contributed by atoms with Crippen LogP contribution in [-0.2, 0) is 9.47 Å². The molecule has 0 amide bonds. The van der Waals surface area contributed by atoms with Crippen LogP contribution < -0.4 is 26.3 Å². The van der Waals surface area contributed by atoms with Crippen LogP contribution in [0.2, 0.25) is 0 Å². The molecule has 0 atom stereocenters. The summed E-state index contributed by atoms with van der Waals surface area (Å²) in [6, 6.07) is 7.54. The molecule has 0 aliphatic heterocycles. The third-order valence-electron chi connectivity index (χ3n) is 4.43. The van der Waals surface area contributed by atoms with Gasteiger partial charge in [0.15, 0.2) is 0 Å². The lowest BCUT2D eigenvalue weighted by atomic mass is 10.2. The number of benzene rings is 1. The van der Waals surface area contributed by atoms with Gasteiger partial charge in [0, 0.05) is 36.6 Å². The van der Waals surface area contributed by atoms with Crippen molar-refractivity contribution in [3.8, 4) is 11.5 Å². The second-order valence-corrected chi connectivity index (χ2v) is 7.45. The maximum Gasteiger partial charge on any atom is 0.274 e. The fourth-order valence-corrected chi connectivity index (χ4v) is 2.50. The highest BCUT2D eigenvalue weighted by atomic mass is 16.7. The van der Waals surface area contributed by atoms with Gasteiger partial charge < -0.3 is 35.7 Å². The summed E-state index contributed by atoms with van der Waals surface area (Å²) in [5.74, 6) is 3.05. The zero-order chi connectivity index (χ0) is 23.2. The quantitative estimate of drug-likeness (QED) is 0.204. The molecule has 32 heavy (non-hydrogen) atoms. The third kappa shape index (κ3) is 10.6. The van der Waals surface area contributed by atoms with E-state index in [-0.39, 0.29) is 6.61 Å². The van der Waals surface area contributed by atoms with E-state index in [1.54, 1.807) is 18.2 Å². The summed E-state index contributed by atoms with van der Waals surface area (Å²) in [4.78, 5) is 0. The van der Waals surface area contributed by atoms with E-state index < -0.39 is 0 Å². The number of nitrogens with two attached hydrogens (primary N) is 2. The van der Waals surface area contributed by atoms with Gasteiger partial charge in [-0.15, -0.1) is 0 Å². The Bertz CT molecular complexity index is 841. The highest BCUT2D eigenvalue weighted by Crippen LogP contribution is 2.30. The fourth-order valence-electron chi connectivity index (χ4n) is 2.50. The average molecular weight is 442 g/mol. The number of rotatable bonds is 16. The molecule has 7 heteroatoms. The first-order chi connectivity index (χ1) is 15.5. The van der Waals surface area contributed by atoms with Crippen LogP contribution in [0.1, 0.15) is 19.8 Å². The zero-order valence-electron chi connectivity index (χ0n) is 18.8. The lowest BCUT2D eigenvalue weighted by molar-refractivity contribution is 0.0462. The van der Waals surface area contributed by atoms with Gasteiger partial charge in [-0.2, -0.15) is 0 Å². The number of nitrogens with one attached hydrogen (secondary N) is 1. The van der Waals surface area contributed by atoms with E-state index >= 15 is 0 Å². The molecule has 1 saturated carbocycles. The summed E-state index contributed by atoms with van der Waals surface area (Å²) >= 11 is 0. The number of hydrogen-bond acceptors (Lipinski definition) is 7. The summed E-state index contributed by atoms with van der Waals surface area (Å²) in [6.07, 6.45) is 9.25. The minimum Gasteiger partial charge on any atom is -0.493 e. The van der Waals surface area contributed by atoms with Crippen molar-refractivity contribution >= 4 is 0 Å². The largest absolute Gasteiger partial charge is 0.493 e. The van der Waals surface area contributed by atoms with E-state index in [0.717, 1.165) is 17.9 Å². The second-order valence-electron chi connectivity index (χ2n) is 7.45. The van der Waals surface area contributed by atoms with E-state index in [2.05, 4.69) is 18.5 Å². The molecule has 1 aromatic carbocycles. The Kier molecular flexibility index (Phi) is 10.8. The van der Waals surface area contributed by atoms with Gasteiger partial charge in [0.1, 0.15) is 30.5 Å². The summed E-state index contributed by atoms with van der Waals surface area (Å²) in [7, 11) is 0. The Morgan fingerprint density at radius 2 is 1.97 bits per heavy atom. The van der Waals surface area contributed by atoms with Crippen molar-refractivity contribution in [2.24, 2.45) is 17.4 Å². The smallest absolute Gasteiger partial charge is 0.274 e. The summed E-state index contributed by atoms with van der Waals surface area (Å²) in [5, 5.41) is 3.10. The van der Waals surface area contributed by atoms with Gasteiger partial charge in [0.25, 0.3) is 5.95 Å². The predicted molar refractivity (Wildman–Crippen MR) is 128 cm³/mol. The maximum atomic E-state index is 5.78. The average Bonchev–Trinajstić information content (AvgIpc) is 3.60. The van der Waals surface area contributed by atoms with Crippen molar-refractivity contribution in [2.75, 3.05) is 32.9 Å². The van der Waals surface area contributed by atoms with Crippen LogP contribution >= 0.6 is 0 Å². The van der Waals surface area contributed by atoms with Crippen molar-refractivity contribution < 1.29 is 18.9 Å². The zero-order valence-corrected chi connectivity index (χ0v) is 18.8. The SMILES string of the molecule is C=C(N)CNCCO/C(=C/C)OCC(/C=C\C(=C)Oc1cccc(OCC2CC2)c1)=C/N. The Morgan fingerprint density at radius 3 is 2.66 bits per heavy atom. The molecule has 5 N–H and O–H groups in total. The molecule has 0 bridgehead atoms. The van der Waals surface area contributed by atoms with E-state index in [4.69, 9.17) is 30.4 Å². The fraction of sp³-hybridized carbons (Fsp3) is 0.360. The number of hydrogen-bond donors (Lipinski definition) is 3. The maximum absolute atomic E-state index is 5.78. The van der Waals surface area contributed by atoms with Gasteiger partial charge >= 0.3 is 0 Å². The number of allylic oxidation sites excluding steroid dienone is 2. The van der Waals surface area contributed by atoms with Gasteiger partial charge in [-0.25, -0.2) is 0 Å². The molecule has 0 unspecified atom stereocenters. The number of ether oxygens (including phenoxy) is 4. The van der Waals surface area contributed by atoms with Gasteiger partial charge in [-0.05, 0) is 50.0 Å². The van der Waals surface area contributed by atoms with Crippen molar-refractivity contribution in [1.82, 2.24) is 5.32 Å². The summed E-state index contributed by atoms with van der Waals surface area (Å²) in [6.45, 7) is 12.0. The molecule has 174 valence electrons. The van der Waals surface area contributed by atoms with E-state index in [0.29, 0.717) is 48.8 Å². The molecular formula is C25H35N3O4. The Hall–Kier alpha value is -3.32. The summed E-state index contributed by atoms with van der Waals surface area (Å²) < 4.78 is 22.8. The summed E-state index contributed by atoms with van der Waals surface area (Å²) in [5.41, 5.74) is 12.5. The minimum atomic E-state index is 0.247. The van der Waals surface area contributed by atoms with E-state index in [9.17, 15) is 0 Å². The molecule has 0 aromatic heterocycles. The molecule has 7 nitrogen and oxygen atoms in total. The molecule has 0 radical (unpaired) electrons. The minimum absolute atomic E-state index is 0.247. The van der Waals surface area contributed by atoms with Crippen molar-refractivity contribution in [2.45, 2.75) is 19.8 Å². The van der Waals surface area contributed by atoms with Crippen LogP contribution in [0.4, 0.5) is 0 Å². The molecule has 1 aromatic rings. The van der Waals surface area contributed by atoms with Gasteiger partial charge in [-0.3, -0.25) is 0 Å². The van der Waals surface area contributed by atoms with Gasteiger partial charge in [-0.1, -0.05) is 25.3 Å². The predicted octanol–water partition coefficient (Wildman–Crippen LogP) is 3.72. The van der Waals surface area contributed by atoms with Crippen LogP contribution in [0, 0.1) is 5.92 Å². The Balaban J connectivity index is 1.73. The first-order valence-electron chi connectivity index (χ1n) is 10.7. The van der Waals surface area contributed by atoms with Crippen LogP contribution in [0.3, 0.4) is 0 Å². The van der Waals surface area contributed by atoms with Crippen LogP contribution in [0.5, 0.6) is 11.5 Å². The second kappa shape index (κ2) is 13.9. The van der Waals surface area contributed by atoms with Crippen molar-refractivity contribution in [1.29, 1.82) is 0 Å². The van der Waals surface area contributed by atoms with Crippen molar-refractivity contribution in [3.63, 3.8) is 0 Å². The van der Waals surface area contributed by atoms with E-state index in [1.165, 1.54) is 19.0 Å². The standard InChI is InChI=1S/C25H35N3O4/c1-4-25(29-13-12-28-16-19(2)27)31-18-22(15-26)9-8-20(3)32-24-7-5-6-23(14-24)30-17-21-10-11-21/h4-9,14-15,21,28H,2-3,10-13,16-18,26-27H2,1H3/b9-8-,22-15+,25-4-. The molecule has 1 aliphatic carbocycles. The Morgan fingerprint density at radius 1 is 1.19 bits per heavy atom.